The fourth-order valence-corrected chi connectivity index (χ4v) is 4.52. The van der Waals surface area contributed by atoms with Crippen LogP contribution in [0.4, 0.5) is 0 Å². The second-order valence-electron chi connectivity index (χ2n) is 6.75. The van der Waals surface area contributed by atoms with Crippen LogP contribution in [0, 0.1) is 11.3 Å². The Hall–Kier alpha value is -1.31. The summed E-state index contributed by atoms with van der Waals surface area (Å²) in [5.41, 5.74) is 2.07. The van der Waals surface area contributed by atoms with E-state index in [0.29, 0.717) is 5.41 Å². The molecule has 2 bridgehead atoms. The molecule has 108 valence electrons. The molecule has 1 atom stereocenters. The van der Waals surface area contributed by atoms with Gasteiger partial charge in [-0.15, -0.1) is 0 Å². The monoisotopic (exact) mass is 272 g/mol. The van der Waals surface area contributed by atoms with Gasteiger partial charge in [0.25, 0.3) is 0 Å². The van der Waals surface area contributed by atoms with E-state index < -0.39 is 0 Å². The molecule has 1 aromatic rings. The molecule has 0 N–H and O–H groups in total. The van der Waals surface area contributed by atoms with Gasteiger partial charge in [-0.3, -0.25) is 4.79 Å². The van der Waals surface area contributed by atoms with Crippen molar-refractivity contribution in [2.75, 3.05) is 7.11 Å². The Balaban J connectivity index is 1.80. The molecule has 0 saturated heterocycles. The molecule has 1 aromatic carbocycles. The number of carbonyl (C=O) groups is 1. The minimum Gasteiger partial charge on any atom is -0.469 e. The van der Waals surface area contributed by atoms with Gasteiger partial charge < -0.3 is 4.74 Å². The van der Waals surface area contributed by atoms with Gasteiger partial charge in [0.1, 0.15) is 0 Å². The second-order valence-corrected chi connectivity index (χ2v) is 6.75. The van der Waals surface area contributed by atoms with Gasteiger partial charge in [-0.1, -0.05) is 37.3 Å². The molecule has 0 unspecified atom stereocenters. The molecule has 3 aliphatic rings. The lowest BCUT2D eigenvalue weighted by atomic mass is 9.49. The number of hydrogen-bond donors (Lipinski definition) is 0. The van der Waals surface area contributed by atoms with Crippen molar-refractivity contribution in [3.8, 4) is 0 Å². The second kappa shape index (κ2) is 4.91. The lowest BCUT2D eigenvalue weighted by Crippen LogP contribution is -2.48. The van der Waals surface area contributed by atoms with Crippen molar-refractivity contribution in [1.82, 2.24) is 0 Å². The Morgan fingerprint density at radius 2 is 1.60 bits per heavy atom. The first-order chi connectivity index (χ1) is 9.62. The largest absolute Gasteiger partial charge is 0.469 e. The molecule has 3 aliphatic carbocycles. The van der Waals surface area contributed by atoms with E-state index in [1.54, 1.807) is 0 Å². The van der Waals surface area contributed by atoms with Crippen LogP contribution >= 0.6 is 0 Å². The van der Waals surface area contributed by atoms with Gasteiger partial charge in [-0.25, -0.2) is 0 Å². The maximum Gasteiger partial charge on any atom is 0.308 e. The number of fused-ring (bicyclic) bond motifs is 3. The maximum absolute atomic E-state index is 11.9. The van der Waals surface area contributed by atoms with Crippen LogP contribution in [-0.4, -0.2) is 13.1 Å². The molecule has 4 rings (SSSR count). The van der Waals surface area contributed by atoms with Gasteiger partial charge in [0.2, 0.25) is 0 Å². The number of benzene rings is 1. The van der Waals surface area contributed by atoms with Crippen LogP contribution in [0.2, 0.25) is 0 Å². The average Bonchev–Trinajstić information content (AvgIpc) is 2.56. The highest BCUT2D eigenvalue weighted by atomic mass is 16.5. The number of ether oxygens (including phenoxy) is 1. The van der Waals surface area contributed by atoms with Gasteiger partial charge in [0, 0.05) is 0 Å². The molecule has 0 aromatic heterocycles. The smallest absolute Gasteiger partial charge is 0.308 e. The van der Waals surface area contributed by atoms with E-state index in [9.17, 15) is 4.79 Å². The maximum atomic E-state index is 11.9. The van der Waals surface area contributed by atoms with E-state index >= 15 is 0 Å². The van der Waals surface area contributed by atoms with Crippen LogP contribution in [-0.2, 0) is 14.9 Å². The summed E-state index contributed by atoms with van der Waals surface area (Å²) >= 11 is 0. The van der Waals surface area contributed by atoms with Crippen LogP contribution in [0.3, 0.4) is 0 Å². The third kappa shape index (κ3) is 1.97. The van der Waals surface area contributed by atoms with E-state index in [2.05, 4.69) is 37.3 Å². The Morgan fingerprint density at radius 1 is 1.05 bits per heavy atom. The van der Waals surface area contributed by atoms with Gasteiger partial charge >= 0.3 is 5.97 Å². The number of rotatable bonds is 3. The molecule has 0 heterocycles. The molecule has 2 nitrogen and oxygen atoms in total. The Labute approximate surface area is 121 Å². The predicted molar refractivity (Wildman–Crippen MR) is 79.4 cm³/mol. The van der Waals surface area contributed by atoms with E-state index in [1.807, 2.05) is 0 Å². The molecule has 0 radical (unpaired) electrons. The Bertz CT molecular complexity index is 467. The molecule has 2 heteroatoms. The first-order valence-electron chi connectivity index (χ1n) is 7.75. The fraction of sp³-hybridized carbons (Fsp3) is 0.611. The molecule has 3 fully saturated rings. The highest BCUT2D eigenvalue weighted by molar-refractivity contribution is 5.73. The third-order valence-electron chi connectivity index (χ3n) is 6.16. The van der Waals surface area contributed by atoms with Crippen LogP contribution in [0.1, 0.15) is 51.0 Å². The Morgan fingerprint density at radius 3 is 2.10 bits per heavy atom. The number of methoxy groups -OCH3 is 1. The van der Waals surface area contributed by atoms with Crippen molar-refractivity contribution in [1.29, 1.82) is 0 Å². The van der Waals surface area contributed by atoms with Crippen molar-refractivity contribution in [3.05, 3.63) is 35.9 Å². The molecule has 0 amide bonds. The molecular formula is C18H24O2. The fourth-order valence-electron chi connectivity index (χ4n) is 4.52. The first kappa shape index (κ1) is 13.7. The van der Waals surface area contributed by atoms with Gasteiger partial charge in [0.15, 0.2) is 0 Å². The van der Waals surface area contributed by atoms with Crippen molar-refractivity contribution >= 4 is 5.97 Å². The molecule has 3 saturated carbocycles. The molecular weight excluding hydrogens is 248 g/mol. The summed E-state index contributed by atoms with van der Waals surface area (Å²) < 4.78 is 4.98. The van der Waals surface area contributed by atoms with Gasteiger partial charge in [0.05, 0.1) is 13.0 Å². The highest BCUT2D eigenvalue weighted by Gasteiger charge is 2.53. The van der Waals surface area contributed by atoms with Crippen molar-refractivity contribution in [3.63, 3.8) is 0 Å². The summed E-state index contributed by atoms with van der Waals surface area (Å²) in [5.74, 6) is 0.0145. The van der Waals surface area contributed by atoms with E-state index in [-0.39, 0.29) is 17.3 Å². The average molecular weight is 272 g/mol. The van der Waals surface area contributed by atoms with Crippen LogP contribution in [0.5, 0.6) is 0 Å². The predicted octanol–water partition coefficient (Wildman–Crippen LogP) is 4.09. The molecule has 0 aliphatic heterocycles. The number of esters is 1. The minimum atomic E-state index is -0.0286. The zero-order valence-electron chi connectivity index (χ0n) is 12.5. The van der Waals surface area contributed by atoms with Crippen molar-refractivity contribution < 1.29 is 9.53 Å². The zero-order valence-corrected chi connectivity index (χ0v) is 12.5. The minimum absolute atomic E-state index is 0.0286. The normalized spacial score (nSPS) is 33.7. The van der Waals surface area contributed by atoms with Gasteiger partial charge in [-0.2, -0.15) is 0 Å². The summed E-state index contributed by atoms with van der Waals surface area (Å²) in [6, 6.07) is 11.0. The van der Waals surface area contributed by atoms with E-state index in [4.69, 9.17) is 4.74 Å². The lowest BCUT2D eigenvalue weighted by Gasteiger charge is -2.55. The third-order valence-corrected chi connectivity index (χ3v) is 6.16. The van der Waals surface area contributed by atoms with E-state index in [1.165, 1.54) is 31.9 Å². The van der Waals surface area contributed by atoms with Gasteiger partial charge in [-0.05, 0) is 54.9 Å². The van der Waals surface area contributed by atoms with Crippen molar-refractivity contribution in [2.24, 2.45) is 11.3 Å². The summed E-state index contributed by atoms with van der Waals surface area (Å²) in [6.07, 6.45) is 7.16. The summed E-state index contributed by atoms with van der Waals surface area (Å²) in [6.45, 7) is 2.06. The quantitative estimate of drug-likeness (QED) is 0.775. The first-order valence-corrected chi connectivity index (χ1v) is 7.75. The Kier molecular flexibility index (Phi) is 3.35. The molecule has 20 heavy (non-hydrogen) atoms. The van der Waals surface area contributed by atoms with Crippen LogP contribution < -0.4 is 0 Å². The molecule has 0 spiro atoms. The van der Waals surface area contributed by atoms with Crippen LogP contribution in [0.25, 0.3) is 0 Å². The number of carbonyl (C=O) groups excluding carboxylic acids is 1. The van der Waals surface area contributed by atoms with Crippen molar-refractivity contribution in [2.45, 2.75) is 50.9 Å². The highest BCUT2D eigenvalue weighted by Crippen LogP contribution is 2.60. The summed E-state index contributed by atoms with van der Waals surface area (Å²) in [7, 11) is 1.51. The van der Waals surface area contributed by atoms with Crippen LogP contribution in [0.15, 0.2) is 30.3 Å². The van der Waals surface area contributed by atoms with E-state index in [0.717, 1.165) is 19.3 Å². The topological polar surface area (TPSA) is 26.3 Å². The lowest BCUT2D eigenvalue weighted by molar-refractivity contribution is -0.153. The summed E-state index contributed by atoms with van der Waals surface area (Å²) in [4.78, 5) is 11.9. The standard InChI is InChI=1S/C18H24O2/c1-14(16(19)20-2)17-8-11-18(12-9-17,13-10-17)15-6-4-3-5-7-15/h3-7,14H,8-13H2,1-2H3/t14-,17?,18?/m1/s1. The SMILES string of the molecule is COC(=O)[C@@H](C)C12CCC(c3ccccc3)(CC1)CC2. The number of hydrogen-bond acceptors (Lipinski definition) is 2. The summed E-state index contributed by atoms with van der Waals surface area (Å²) in [5, 5.41) is 0. The zero-order chi connectivity index (χ0) is 14.2.